The number of hydrogen-bond acceptors (Lipinski definition) is 4. The van der Waals surface area contributed by atoms with E-state index in [9.17, 15) is 15.4 Å². The second kappa shape index (κ2) is 4.72. The van der Waals surface area contributed by atoms with E-state index in [4.69, 9.17) is 16.3 Å². The van der Waals surface area contributed by atoms with Gasteiger partial charge in [0.25, 0.3) is 5.69 Å². The molecule has 20 heavy (non-hydrogen) atoms. The second-order valence-corrected chi connectivity index (χ2v) is 5.87. The van der Waals surface area contributed by atoms with Crippen LogP contribution in [0.5, 0.6) is 0 Å². The molecule has 6 heteroatoms. The van der Waals surface area contributed by atoms with Gasteiger partial charge in [-0.3, -0.25) is 10.1 Å². The Bertz CT molecular complexity index is 613. The summed E-state index contributed by atoms with van der Waals surface area (Å²) in [6.07, 6.45) is 2.71. The molecule has 3 rings (SSSR count). The van der Waals surface area contributed by atoms with Crippen molar-refractivity contribution in [2.45, 2.75) is 37.9 Å². The maximum atomic E-state index is 11.1. The van der Waals surface area contributed by atoms with E-state index in [0.29, 0.717) is 17.0 Å². The molecule has 3 unspecified atom stereocenters. The smallest absolute Gasteiger partial charge is 0.274 e. The molecule has 2 aliphatic heterocycles. The van der Waals surface area contributed by atoms with E-state index in [1.807, 2.05) is 0 Å². The first-order valence-electron chi connectivity index (χ1n) is 6.54. The number of halogens is 1. The molecule has 0 amide bonds. The van der Waals surface area contributed by atoms with Gasteiger partial charge >= 0.3 is 0 Å². The second-order valence-electron chi connectivity index (χ2n) is 5.47. The van der Waals surface area contributed by atoms with Crippen molar-refractivity contribution in [2.75, 3.05) is 0 Å². The van der Waals surface area contributed by atoms with Gasteiger partial charge in [0.15, 0.2) is 0 Å². The maximum Gasteiger partial charge on any atom is 0.274 e. The molecule has 0 saturated carbocycles. The third-order valence-corrected chi connectivity index (χ3v) is 4.68. The van der Waals surface area contributed by atoms with Crippen molar-refractivity contribution in [3.63, 3.8) is 0 Å². The average Bonchev–Trinajstić information content (AvgIpc) is 3.01. The van der Waals surface area contributed by atoms with Crippen LogP contribution in [0.15, 0.2) is 18.2 Å². The molecule has 0 aromatic heterocycles. The molecule has 1 aromatic carbocycles. The molecular formula is C14H13ClN2O3. The molecule has 2 saturated heterocycles. The van der Waals surface area contributed by atoms with E-state index < -0.39 is 10.3 Å². The van der Waals surface area contributed by atoms with Gasteiger partial charge in [-0.05, 0) is 25.3 Å². The Kier molecular flexibility index (Phi) is 3.15. The van der Waals surface area contributed by atoms with Gasteiger partial charge in [-0.2, -0.15) is 5.26 Å². The van der Waals surface area contributed by atoms with Gasteiger partial charge in [0.1, 0.15) is 0 Å². The van der Waals surface area contributed by atoms with Gasteiger partial charge in [-0.1, -0.05) is 17.7 Å². The van der Waals surface area contributed by atoms with E-state index in [1.165, 1.54) is 6.07 Å². The Morgan fingerprint density at radius 3 is 2.90 bits per heavy atom. The van der Waals surface area contributed by atoms with Crippen LogP contribution < -0.4 is 0 Å². The summed E-state index contributed by atoms with van der Waals surface area (Å²) in [6.45, 7) is 0. The summed E-state index contributed by atoms with van der Waals surface area (Å²) in [6, 6.07) is 6.96. The molecule has 2 fully saturated rings. The predicted octanol–water partition coefficient (Wildman–Crippen LogP) is 3.25. The fourth-order valence-corrected chi connectivity index (χ4v) is 3.59. The lowest BCUT2D eigenvalue weighted by Gasteiger charge is -2.28. The molecule has 0 spiro atoms. The summed E-state index contributed by atoms with van der Waals surface area (Å²) < 4.78 is 5.76. The van der Waals surface area contributed by atoms with Gasteiger partial charge < -0.3 is 4.74 Å². The Morgan fingerprint density at radius 1 is 1.55 bits per heavy atom. The number of hydrogen-bond donors (Lipinski definition) is 0. The number of nitro groups is 1. The quantitative estimate of drug-likeness (QED) is 0.633. The summed E-state index contributed by atoms with van der Waals surface area (Å²) >= 11 is 6.12. The summed E-state index contributed by atoms with van der Waals surface area (Å²) in [5.74, 6) is 0. The van der Waals surface area contributed by atoms with Crippen LogP contribution in [0, 0.1) is 26.9 Å². The Balaban J connectivity index is 1.99. The molecular weight excluding hydrogens is 280 g/mol. The Morgan fingerprint density at radius 2 is 2.35 bits per heavy atom. The van der Waals surface area contributed by atoms with Gasteiger partial charge in [0, 0.05) is 12.5 Å². The largest absolute Gasteiger partial charge is 0.373 e. The number of nitro benzene ring substituents is 1. The maximum absolute atomic E-state index is 11.1. The third kappa shape index (κ3) is 1.96. The monoisotopic (exact) mass is 292 g/mol. The average molecular weight is 293 g/mol. The molecule has 2 bridgehead atoms. The van der Waals surface area contributed by atoms with Crippen LogP contribution in [0.3, 0.4) is 0 Å². The lowest BCUT2D eigenvalue weighted by Crippen LogP contribution is -2.33. The normalized spacial score (nSPS) is 31.2. The van der Waals surface area contributed by atoms with Crippen molar-refractivity contribution in [1.29, 1.82) is 5.26 Å². The molecule has 3 atom stereocenters. The van der Waals surface area contributed by atoms with E-state index in [1.54, 1.807) is 12.1 Å². The summed E-state index contributed by atoms with van der Waals surface area (Å²) in [5.41, 5.74) is -0.259. The van der Waals surface area contributed by atoms with Crippen molar-refractivity contribution in [2.24, 2.45) is 5.41 Å². The Labute approximate surface area is 121 Å². The van der Waals surface area contributed by atoms with Gasteiger partial charge in [0.05, 0.1) is 39.2 Å². The Hall–Kier alpha value is -1.64. The number of fused-ring (bicyclic) bond motifs is 2. The fraction of sp³-hybridized carbons (Fsp3) is 0.500. The molecule has 5 nitrogen and oxygen atoms in total. The van der Waals surface area contributed by atoms with Crippen molar-refractivity contribution in [3.05, 3.63) is 38.9 Å². The predicted molar refractivity (Wildman–Crippen MR) is 72.4 cm³/mol. The first-order chi connectivity index (χ1) is 9.55. The summed E-state index contributed by atoms with van der Waals surface area (Å²) in [4.78, 5) is 10.7. The molecule has 0 N–H and O–H groups in total. The van der Waals surface area contributed by atoms with Crippen LogP contribution in [-0.4, -0.2) is 17.1 Å². The lowest BCUT2D eigenvalue weighted by atomic mass is 9.71. The highest BCUT2D eigenvalue weighted by Crippen LogP contribution is 2.50. The van der Waals surface area contributed by atoms with Crippen LogP contribution in [0.4, 0.5) is 5.69 Å². The molecule has 0 aliphatic carbocycles. The zero-order valence-electron chi connectivity index (χ0n) is 10.7. The highest BCUT2D eigenvalue weighted by molar-refractivity contribution is 6.31. The number of rotatable bonds is 3. The first-order valence-corrected chi connectivity index (χ1v) is 6.92. The third-order valence-electron chi connectivity index (χ3n) is 4.32. The van der Waals surface area contributed by atoms with E-state index >= 15 is 0 Å². The molecule has 2 aliphatic rings. The first kappa shape index (κ1) is 13.3. The van der Waals surface area contributed by atoms with E-state index in [2.05, 4.69) is 6.07 Å². The summed E-state index contributed by atoms with van der Waals surface area (Å²) in [7, 11) is 0. The van der Waals surface area contributed by atoms with Gasteiger partial charge in [-0.25, -0.2) is 0 Å². The minimum Gasteiger partial charge on any atom is -0.373 e. The van der Waals surface area contributed by atoms with Crippen LogP contribution in [-0.2, 0) is 11.2 Å². The molecule has 0 radical (unpaired) electrons. The van der Waals surface area contributed by atoms with Crippen molar-refractivity contribution < 1.29 is 9.66 Å². The van der Waals surface area contributed by atoms with E-state index in [0.717, 1.165) is 12.8 Å². The van der Waals surface area contributed by atoms with Gasteiger partial charge in [-0.15, -0.1) is 0 Å². The fourth-order valence-electron chi connectivity index (χ4n) is 3.35. The van der Waals surface area contributed by atoms with Crippen molar-refractivity contribution in [3.8, 4) is 6.07 Å². The highest BCUT2D eigenvalue weighted by atomic mass is 35.5. The number of benzene rings is 1. The van der Waals surface area contributed by atoms with Gasteiger partial charge in [0.2, 0.25) is 0 Å². The standard InChI is InChI=1S/C14H13ClN2O3/c15-11-2-1-3-12(17(18)19)10(11)7-14(8-16)6-9-4-5-13(14)20-9/h1-3,9,13H,4-7H2. The number of ether oxygens (including phenoxy) is 1. The molecule has 1 aromatic rings. The highest BCUT2D eigenvalue weighted by Gasteiger charge is 2.53. The van der Waals surface area contributed by atoms with Crippen molar-refractivity contribution >= 4 is 17.3 Å². The lowest BCUT2D eigenvalue weighted by molar-refractivity contribution is -0.385. The van der Waals surface area contributed by atoms with Crippen LogP contribution >= 0.6 is 11.6 Å². The van der Waals surface area contributed by atoms with E-state index in [-0.39, 0.29) is 24.3 Å². The zero-order valence-corrected chi connectivity index (χ0v) is 11.5. The molecule has 104 valence electrons. The SMILES string of the molecule is N#CC1(Cc2c(Cl)cccc2[N+](=O)[O-])CC2CCC1O2. The minimum absolute atomic E-state index is 0.0186. The van der Waals surface area contributed by atoms with Crippen LogP contribution in [0.1, 0.15) is 24.8 Å². The minimum atomic E-state index is -0.682. The van der Waals surface area contributed by atoms with Crippen LogP contribution in [0.25, 0.3) is 0 Å². The zero-order chi connectivity index (χ0) is 14.3. The number of nitrogens with zero attached hydrogens (tertiary/aromatic N) is 2. The molecule has 2 heterocycles. The summed E-state index contributed by atoms with van der Waals surface area (Å²) in [5, 5.41) is 21.1. The topological polar surface area (TPSA) is 76.2 Å². The van der Waals surface area contributed by atoms with Crippen molar-refractivity contribution in [1.82, 2.24) is 0 Å². The number of nitriles is 1. The van der Waals surface area contributed by atoms with Crippen LogP contribution in [0.2, 0.25) is 5.02 Å².